The second-order valence-electron chi connectivity index (χ2n) is 4.77. The average molecular weight is 242 g/mol. The molecule has 0 aromatic rings. The first-order valence-electron chi connectivity index (χ1n) is 6.82. The van der Waals surface area contributed by atoms with Crippen LogP contribution in [0.25, 0.3) is 0 Å². The minimum absolute atomic E-state index is 0.222. The molecule has 0 aliphatic heterocycles. The molecule has 0 aromatic carbocycles. The Balaban J connectivity index is 3.43. The van der Waals surface area contributed by atoms with Crippen molar-refractivity contribution < 1.29 is 14.7 Å². The Morgan fingerprint density at radius 3 is 1.82 bits per heavy atom. The van der Waals surface area contributed by atoms with Gasteiger partial charge in [-0.2, -0.15) is 0 Å². The number of hydrogen-bond donors (Lipinski definition) is 1. The fraction of sp³-hybridized carbons (Fsp3) is 0.857. The Morgan fingerprint density at radius 2 is 1.41 bits per heavy atom. The lowest BCUT2D eigenvalue weighted by Gasteiger charge is -2.08. The maximum absolute atomic E-state index is 11.0. The van der Waals surface area contributed by atoms with Crippen LogP contribution in [0.15, 0.2) is 0 Å². The van der Waals surface area contributed by atoms with Gasteiger partial charge in [0.25, 0.3) is 0 Å². The number of ketones is 1. The molecule has 0 aliphatic carbocycles. The first-order chi connectivity index (χ1) is 8.09. The molecule has 0 saturated carbocycles. The van der Waals surface area contributed by atoms with E-state index in [4.69, 9.17) is 5.11 Å². The standard InChI is InChI=1S/C14H26O3/c1-3-4-5-6-7-8-9-10-11-13(12(2)15)14(16)17/h13H,3-11H2,1-2H3,(H,16,17). The summed E-state index contributed by atoms with van der Waals surface area (Å²) in [6, 6.07) is 0. The third kappa shape index (κ3) is 8.90. The fourth-order valence-corrected chi connectivity index (χ4v) is 1.98. The zero-order valence-corrected chi connectivity index (χ0v) is 11.2. The number of carboxylic acids is 1. The molecule has 0 aliphatic rings. The van der Waals surface area contributed by atoms with E-state index in [1.54, 1.807) is 0 Å². The maximum Gasteiger partial charge on any atom is 0.314 e. The van der Waals surface area contributed by atoms with Gasteiger partial charge in [-0.1, -0.05) is 58.3 Å². The van der Waals surface area contributed by atoms with Crippen molar-refractivity contribution in [3.05, 3.63) is 0 Å². The molecule has 17 heavy (non-hydrogen) atoms. The first-order valence-corrected chi connectivity index (χ1v) is 6.82. The van der Waals surface area contributed by atoms with E-state index in [0.717, 1.165) is 19.3 Å². The summed E-state index contributed by atoms with van der Waals surface area (Å²) in [4.78, 5) is 21.8. The summed E-state index contributed by atoms with van der Waals surface area (Å²) in [5.41, 5.74) is 0. The molecule has 100 valence electrons. The summed E-state index contributed by atoms with van der Waals surface area (Å²) in [6.45, 7) is 3.57. The van der Waals surface area contributed by atoms with Gasteiger partial charge >= 0.3 is 5.97 Å². The van der Waals surface area contributed by atoms with Gasteiger partial charge in [0.15, 0.2) is 0 Å². The van der Waals surface area contributed by atoms with E-state index in [0.29, 0.717) is 6.42 Å². The van der Waals surface area contributed by atoms with Crippen LogP contribution in [0, 0.1) is 5.92 Å². The highest BCUT2D eigenvalue weighted by molar-refractivity contribution is 5.96. The number of carbonyl (C=O) groups excluding carboxylic acids is 1. The highest BCUT2D eigenvalue weighted by atomic mass is 16.4. The lowest BCUT2D eigenvalue weighted by molar-refractivity contribution is -0.146. The summed E-state index contributed by atoms with van der Waals surface area (Å²) in [5.74, 6) is -1.98. The molecule has 0 bridgehead atoms. The quantitative estimate of drug-likeness (QED) is 0.443. The normalized spacial score (nSPS) is 12.4. The number of rotatable bonds is 11. The van der Waals surface area contributed by atoms with Crippen LogP contribution >= 0.6 is 0 Å². The van der Waals surface area contributed by atoms with Crippen LogP contribution in [-0.2, 0) is 9.59 Å². The van der Waals surface area contributed by atoms with E-state index >= 15 is 0 Å². The fourth-order valence-electron chi connectivity index (χ4n) is 1.98. The second-order valence-corrected chi connectivity index (χ2v) is 4.77. The molecule has 0 radical (unpaired) electrons. The maximum atomic E-state index is 11.0. The molecule has 0 amide bonds. The van der Waals surface area contributed by atoms with Crippen molar-refractivity contribution in [1.29, 1.82) is 0 Å². The largest absolute Gasteiger partial charge is 0.481 e. The third-order valence-electron chi connectivity index (χ3n) is 3.14. The minimum atomic E-state index is -0.972. The molecule has 3 nitrogen and oxygen atoms in total. The van der Waals surface area contributed by atoms with E-state index in [1.165, 1.54) is 39.0 Å². The van der Waals surface area contributed by atoms with Crippen LogP contribution in [0.3, 0.4) is 0 Å². The third-order valence-corrected chi connectivity index (χ3v) is 3.14. The SMILES string of the molecule is CCCCCCCCCCC(C(C)=O)C(=O)O. The summed E-state index contributed by atoms with van der Waals surface area (Å²) in [7, 11) is 0. The van der Waals surface area contributed by atoms with Crippen LogP contribution < -0.4 is 0 Å². The van der Waals surface area contributed by atoms with E-state index in [-0.39, 0.29) is 5.78 Å². The smallest absolute Gasteiger partial charge is 0.314 e. The molecule has 1 unspecified atom stereocenters. The molecule has 0 spiro atoms. The van der Waals surface area contributed by atoms with Gasteiger partial charge in [0, 0.05) is 0 Å². The van der Waals surface area contributed by atoms with Crippen LogP contribution in [-0.4, -0.2) is 16.9 Å². The van der Waals surface area contributed by atoms with E-state index in [2.05, 4.69) is 6.92 Å². The van der Waals surface area contributed by atoms with Gasteiger partial charge in [-0.25, -0.2) is 0 Å². The van der Waals surface area contributed by atoms with E-state index in [1.807, 2.05) is 0 Å². The Morgan fingerprint density at radius 1 is 0.941 bits per heavy atom. The van der Waals surface area contributed by atoms with E-state index < -0.39 is 11.9 Å². The molecule has 0 heterocycles. The number of carboxylic acid groups (broad SMARTS) is 1. The topological polar surface area (TPSA) is 54.4 Å². The number of Topliss-reactive ketones (excluding diaryl/α,β-unsaturated/α-hetero) is 1. The van der Waals surface area contributed by atoms with Crippen LogP contribution in [0.5, 0.6) is 0 Å². The molecule has 0 saturated heterocycles. The molecular formula is C14H26O3. The van der Waals surface area contributed by atoms with Crippen molar-refractivity contribution in [3.63, 3.8) is 0 Å². The average Bonchev–Trinajstić information content (AvgIpc) is 2.26. The zero-order valence-electron chi connectivity index (χ0n) is 11.2. The molecule has 3 heteroatoms. The molecule has 0 aromatic heterocycles. The lowest BCUT2D eigenvalue weighted by atomic mass is 9.97. The summed E-state index contributed by atoms with van der Waals surface area (Å²) in [5, 5.41) is 8.82. The van der Waals surface area contributed by atoms with Gasteiger partial charge in [-0.15, -0.1) is 0 Å². The molecule has 1 atom stereocenters. The van der Waals surface area contributed by atoms with Gasteiger partial charge in [-0.05, 0) is 13.3 Å². The second kappa shape index (κ2) is 10.3. The van der Waals surface area contributed by atoms with Gasteiger partial charge in [0.05, 0.1) is 0 Å². The Labute approximate surface area is 105 Å². The summed E-state index contributed by atoms with van der Waals surface area (Å²) in [6.07, 6.45) is 9.95. The Bertz CT molecular complexity index is 210. The van der Waals surface area contributed by atoms with E-state index in [9.17, 15) is 9.59 Å². The number of hydrogen-bond acceptors (Lipinski definition) is 2. The van der Waals surface area contributed by atoms with Gasteiger partial charge in [0.1, 0.15) is 11.7 Å². The summed E-state index contributed by atoms with van der Waals surface area (Å²) < 4.78 is 0. The van der Waals surface area contributed by atoms with Crippen molar-refractivity contribution in [3.8, 4) is 0 Å². The van der Waals surface area contributed by atoms with Crippen molar-refractivity contribution in [2.75, 3.05) is 0 Å². The highest BCUT2D eigenvalue weighted by Crippen LogP contribution is 2.14. The van der Waals surface area contributed by atoms with Gasteiger partial charge in [-0.3, -0.25) is 9.59 Å². The van der Waals surface area contributed by atoms with Gasteiger partial charge in [0.2, 0.25) is 0 Å². The predicted octanol–water partition coefficient (Wildman–Crippen LogP) is 3.81. The summed E-state index contributed by atoms with van der Waals surface area (Å²) >= 11 is 0. The van der Waals surface area contributed by atoms with Crippen LogP contribution in [0.1, 0.15) is 71.6 Å². The predicted molar refractivity (Wildman–Crippen MR) is 69.0 cm³/mol. The monoisotopic (exact) mass is 242 g/mol. The van der Waals surface area contributed by atoms with Crippen molar-refractivity contribution in [2.45, 2.75) is 71.6 Å². The molecule has 1 N–H and O–H groups in total. The Kier molecular flexibility index (Phi) is 9.78. The molecular weight excluding hydrogens is 216 g/mol. The number of unbranched alkanes of at least 4 members (excludes halogenated alkanes) is 7. The zero-order chi connectivity index (χ0) is 13.1. The van der Waals surface area contributed by atoms with Crippen molar-refractivity contribution in [2.24, 2.45) is 5.92 Å². The van der Waals surface area contributed by atoms with Gasteiger partial charge < -0.3 is 5.11 Å². The van der Waals surface area contributed by atoms with Crippen molar-refractivity contribution in [1.82, 2.24) is 0 Å². The van der Waals surface area contributed by atoms with Crippen LogP contribution in [0.4, 0.5) is 0 Å². The molecule has 0 rings (SSSR count). The lowest BCUT2D eigenvalue weighted by Crippen LogP contribution is -2.21. The molecule has 0 fully saturated rings. The minimum Gasteiger partial charge on any atom is -0.481 e. The van der Waals surface area contributed by atoms with Crippen LogP contribution in [0.2, 0.25) is 0 Å². The first kappa shape index (κ1) is 16.1. The Hall–Kier alpha value is -0.860. The highest BCUT2D eigenvalue weighted by Gasteiger charge is 2.21. The number of aliphatic carboxylic acids is 1. The van der Waals surface area contributed by atoms with Crippen molar-refractivity contribution >= 4 is 11.8 Å². The number of carbonyl (C=O) groups is 2.